The van der Waals surface area contributed by atoms with Crippen molar-refractivity contribution in [1.29, 1.82) is 0 Å². The fourth-order valence-corrected chi connectivity index (χ4v) is 1.16. The number of nitrogens with two attached hydrogens (primary N) is 1. The molecule has 0 saturated heterocycles. The zero-order chi connectivity index (χ0) is 11.4. The van der Waals surface area contributed by atoms with Crippen LogP contribution in [0.15, 0.2) is 18.2 Å². The van der Waals surface area contributed by atoms with Gasteiger partial charge < -0.3 is 16.2 Å². The molecule has 82 valence electrons. The maximum absolute atomic E-state index is 11.6. The molecular weight excluding hydrogens is 216 g/mol. The Morgan fingerprint density at radius 3 is 2.87 bits per heavy atom. The molecule has 0 spiro atoms. The third-order valence-electron chi connectivity index (χ3n) is 1.91. The average Bonchev–Trinajstić information content (AvgIpc) is 2.21. The number of benzene rings is 1. The van der Waals surface area contributed by atoms with E-state index in [1.807, 2.05) is 0 Å². The predicted octanol–water partition coefficient (Wildman–Crippen LogP) is 1.03. The first-order chi connectivity index (χ1) is 7.04. The Bertz CT molecular complexity index is 368. The summed E-state index contributed by atoms with van der Waals surface area (Å²) in [6.07, 6.45) is 0. The summed E-state index contributed by atoms with van der Waals surface area (Å²) in [6, 6.07) is 4.37. The summed E-state index contributed by atoms with van der Waals surface area (Å²) in [5.41, 5.74) is 6.35. The molecule has 4 nitrogen and oxygen atoms in total. The van der Waals surface area contributed by atoms with Crippen LogP contribution in [0, 0.1) is 0 Å². The number of halogens is 1. The van der Waals surface area contributed by atoms with Crippen LogP contribution in [0.25, 0.3) is 0 Å². The number of anilines is 1. The van der Waals surface area contributed by atoms with Crippen molar-refractivity contribution in [2.24, 2.45) is 0 Å². The molecule has 0 radical (unpaired) electrons. The van der Waals surface area contributed by atoms with Crippen LogP contribution < -0.4 is 11.1 Å². The van der Waals surface area contributed by atoms with Crippen LogP contribution in [0.5, 0.6) is 0 Å². The SMILES string of the molecule is C[C@H](CO)NC(=O)c1ccc(Cl)c(N)c1. The molecule has 0 aliphatic rings. The summed E-state index contributed by atoms with van der Waals surface area (Å²) in [5.74, 6) is -0.278. The molecule has 0 bridgehead atoms. The van der Waals surface area contributed by atoms with E-state index in [-0.39, 0.29) is 18.6 Å². The van der Waals surface area contributed by atoms with Crippen molar-refractivity contribution in [3.8, 4) is 0 Å². The van der Waals surface area contributed by atoms with Gasteiger partial charge in [0.1, 0.15) is 0 Å². The Hall–Kier alpha value is -1.26. The third-order valence-corrected chi connectivity index (χ3v) is 2.25. The summed E-state index contributed by atoms with van der Waals surface area (Å²) in [5, 5.41) is 11.8. The largest absolute Gasteiger partial charge is 0.398 e. The first kappa shape index (κ1) is 11.8. The monoisotopic (exact) mass is 228 g/mol. The number of nitrogen functional groups attached to an aromatic ring is 1. The minimum absolute atomic E-state index is 0.102. The van der Waals surface area contributed by atoms with Crippen LogP contribution in [-0.2, 0) is 0 Å². The lowest BCUT2D eigenvalue weighted by Gasteiger charge is -2.11. The van der Waals surface area contributed by atoms with Gasteiger partial charge in [-0.2, -0.15) is 0 Å². The van der Waals surface area contributed by atoms with E-state index in [2.05, 4.69) is 5.32 Å². The quantitative estimate of drug-likeness (QED) is 0.677. The lowest BCUT2D eigenvalue weighted by atomic mass is 10.2. The Labute approximate surface area is 93.0 Å². The number of aliphatic hydroxyl groups excluding tert-OH is 1. The van der Waals surface area contributed by atoms with Gasteiger partial charge >= 0.3 is 0 Å². The lowest BCUT2D eigenvalue weighted by molar-refractivity contribution is 0.0922. The topological polar surface area (TPSA) is 75.3 Å². The van der Waals surface area contributed by atoms with Crippen molar-refractivity contribution >= 4 is 23.2 Å². The van der Waals surface area contributed by atoms with E-state index >= 15 is 0 Å². The highest BCUT2D eigenvalue weighted by molar-refractivity contribution is 6.33. The zero-order valence-electron chi connectivity index (χ0n) is 8.33. The first-order valence-corrected chi connectivity index (χ1v) is 4.89. The zero-order valence-corrected chi connectivity index (χ0v) is 9.08. The molecule has 0 heterocycles. The van der Waals surface area contributed by atoms with Crippen molar-refractivity contribution < 1.29 is 9.90 Å². The highest BCUT2D eigenvalue weighted by Gasteiger charge is 2.09. The highest BCUT2D eigenvalue weighted by atomic mass is 35.5. The van der Waals surface area contributed by atoms with E-state index in [1.165, 1.54) is 6.07 Å². The van der Waals surface area contributed by atoms with Gasteiger partial charge in [-0.05, 0) is 25.1 Å². The Morgan fingerprint density at radius 2 is 2.33 bits per heavy atom. The Balaban J connectivity index is 2.78. The maximum atomic E-state index is 11.6. The van der Waals surface area contributed by atoms with E-state index < -0.39 is 0 Å². The van der Waals surface area contributed by atoms with Gasteiger partial charge in [0.2, 0.25) is 0 Å². The number of carbonyl (C=O) groups excluding carboxylic acids is 1. The van der Waals surface area contributed by atoms with E-state index in [0.717, 1.165) is 0 Å². The molecule has 0 aliphatic carbocycles. The smallest absolute Gasteiger partial charge is 0.251 e. The van der Waals surface area contributed by atoms with Gasteiger partial charge in [0.15, 0.2) is 0 Å². The third kappa shape index (κ3) is 3.11. The van der Waals surface area contributed by atoms with Crippen LogP contribution >= 0.6 is 11.6 Å². The van der Waals surface area contributed by atoms with E-state index in [4.69, 9.17) is 22.4 Å². The molecule has 1 rings (SSSR count). The van der Waals surface area contributed by atoms with E-state index in [1.54, 1.807) is 19.1 Å². The van der Waals surface area contributed by atoms with Crippen LogP contribution in [0.4, 0.5) is 5.69 Å². The number of amides is 1. The van der Waals surface area contributed by atoms with E-state index in [0.29, 0.717) is 16.3 Å². The molecule has 0 saturated carbocycles. The summed E-state index contributed by atoms with van der Waals surface area (Å²) in [7, 11) is 0. The Kier molecular flexibility index (Phi) is 3.94. The van der Waals surface area contributed by atoms with Crippen molar-refractivity contribution in [1.82, 2.24) is 5.32 Å². The van der Waals surface area contributed by atoms with Gasteiger partial charge in [-0.25, -0.2) is 0 Å². The van der Waals surface area contributed by atoms with E-state index in [9.17, 15) is 4.79 Å². The molecule has 0 aromatic heterocycles. The second kappa shape index (κ2) is 5.00. The molecule has 4 N–H and O–H groups in total. The molecule has 1 aromatic rings. The standard InChI is InChI=1S/C10H13ClN2O2/c1-6(5-14)13-10(15)7-2-3-8(11)9(12)4-7/h2-4,6,14H,5,12H2,1H3,(H,13,15)/t6-/m1/s1. The normalized spacial score (nSPS) is 12.2. The van der Waals surface area contributed by atoms with Gasteiger partial charge in [-0.15, -0.1) is 0 Å². The molecular formula is C10H13ClN2O2. The van der Waals surface area contributed by atoms with Gasteiger partial charge in [-0.3, -0.25) is 4.79 Å². The van der Waals surface area contributed by atoms with Gasteiger partial charge in [0.25, 0.3) is 5.91 Å². The van der Waals surface area contributed by atoms with Crippen molar-refractivity contribution in [2.45, 2.75) is 13.0 Å². The first-order valence-electron chi connectivity index (χ1n) is 4.51. The van der Waals surface area contributed by atoms with Gasteiger partial charge in [0.05, 0.1) is 17.3 Å². The molecule has 15 heavy (non-hydrogen) atoms. The number of rotatable bonds is 3. The minimum Gasteiger partial charge on any atom is -0.398 e. The van der Waals surface area contributed by atoms with Crippen LogP contribution in [-0.4, -0.2) is 23.7 Å². The molecule has 0 aliphatic heterocycles. The number of hydrogen-bond acceptors (Lipinski definition) is 3. The predicted molar refractivity (Wildman–Crippen MR) is 59.9 cm³/mol. The summed E-state index contributed by atoms with van der Waals surface area (Å²) < 4.78 is 0. The maximum Gasteiger partial charge on any atom is 0.251 e. The molecule has 1 amide bonds. The Morgan fingerprint density at radius 1 is 1.67 bits per heavy atom. The van der Waals surface area contributed by atoms with Crippen LogP contribution in [0.3, 0.4) is 0 Å². The number of nitrogens with one attached hydrogen (secondary N) is 1. The fraction of sp³-hybridized carbons (Fsp3) is 0.300. The van der Waals surface area contributed by atoms with Crippen molar-refractivity contribution in [3.05, 3.63) is 28.8 Å². The molecule has 0 unspecified atom stereocenters. The average molecular weight is 229 g/mol. The van der Waals surface area contributed by atoms with Crippen LogP contribution in [0.2, 0.25) is 5.02 Å². The van der Waals surface area contributed by atoms with Crippen LogP contribution in [0.1, 0.15) is 17.3 Å². The highest BCUT2D eigenvalue weighted by Crippen LogP contribution is 2.19. The molecule has 5 heteroatoms. The lowest BCUT2D eigenvalue weighted by Crippen LogP contribution is -2.34. The summed E-state index contributed by atoms with van der Waals surface area (Å²) >= 11 is 5.72. The summed E-state index contributed by atoms with van der Waals surface area (Å²) in [4.78, 5) is 11.6. The van der Waals surface area contributed by atoms with Crippen molar-refractivity contribution in [3.63, 3.8) is 0 Å². The fourth-order valence-electron chi connectivity index (χ4n) is 1.04. The number of aliphatic hydroxyl groups is 1. The minimum atomic E-state index is -0.283. The second-order valence-electron chi connectivity index (χ2n) is 3.29. The van der Waals surface area contributed by atoms with Gasteiger partial charge in [0, 0.05) is 11.6 Å². The molecule has 1 atom stereocenters. The molecule has 0 fully saturated rings. The summed E-state index contributed by atoms with van der Waals surface area (Å²) in [6.45, 7) is 1.60. The van der Waals surface area contributed by atoms with Gasteiger partial charge in [-0.1, -0.05) is 11.6 Å². The number of hydrogen-bond donors (Lipinski definition) is 3. The van der Waals surface area contributed by atoms with Crippen molar-refractivity contribution in [2.75, 3.05) is 12.3 Å². The number of carbonyl (C=O) groups is 1. The second-order valence-corrected chi connectivity index (χ2v) is 3.70. The molecule has 1 aromatic carbocycles.